The second-order valence-electron chi connectivity index (χ2n) is 5.98. The molecule has 1 aliphatic rings. The normalized spacial score (nSPS) is 29.0. The summed E-state index contributed by atoms with van der Waals surface area (Å²) in [6, 6.07) is 16.1. The van der Waals surface area contributed by atoms with E-state index in [2.05, 4.69) is 12.1 Å². The van der Waals surface area contributed by atoms with Crippen LogP contribution in [-0.4, -0.2) is 15.8 Å². The molecule has 0 aromatic heterocycles. The van der Waals surface area contributed by atoms with Gasteiger partial charge in [0.25, 0.3) is 0 Å². The SMILES string of the molecule is C[C@H]1Cc2ccccc2-c2ccccc2[C@@H](O)[C@@]1(C)O. The summed E-state index contributed by atoms with van der Waals surface area (Å²) < 4.78 is 0. The molecule has 0 amide bonds. The first-order chi connectivity index (χ1) is 9.51. The summed E-state index contributed by atoms with van der Waals surface area (Å²) in [6.07, 6.45) is -0.115. The molecule has 0 radical (unpaired) electrons. The van der Waals surface area contributed by atoms with Crippen molar-refractivity contribution in [3.05, 3.63) is 59.7 Å². The molecule has 0 fully saturated rings. The Hall–Kier alpha value is -1.64. The average Bonchev–Trinajstić information content (AvgIpc) is 2.46. The number of fused-ring (bicyclic) bond motifs is 3. The molecule has 2 N–H and O–H groups in total. The molecule has 2 aromatic carbocycles. The van der Waals surface area contributed by atoms with Crippen molar-refractivity contribution in [2.24, 2.45) is 5.92 Å². The third-order valence-electron chi connectivity index (χ3n) is 4.64. The summed E-state index contributed by atoms with van der Waals surface area (Å²) >= 11 is 0. The number of rotatable bonds is 0. The maximum Gasteiger partial charge on any atom is 0.108 e. The molecule has 0 heterocycles. The minimum Gasteiger partial charge on any atom is -0.387 e. The van der Waals surface area contributed by atoms with Crippen molar-refractivity contribution in [3.8, 4) is 11.1 Å². The van der Waals surface area contributed by atoms with Gasteiger partial charge in [0.1, 0.15) is 6.10 Å². The quantitative estimate of drug-likeness (QED) is 0.769. The fourth-order valence-corrected chi connectivity index (χ4v) is 3.06. The predicted molar refractivity (Wildman–Crippen MR) is 80.3 cm³/mol. The highest BCUT2D eigenvalue weighted by atomic mass is 16.3. The smallest absolute Gasteiger partial charge is 0.108 e. The summed E-state index contributed by atoms with van der Waals surface area (Å²) in [5, 5.41) is 21.4. The molecule has 0 spiro atoms. The van der Waals surface area contributed by atoms with Gasteiger partial charge in [-0.1, -0.05) is 55.5 Å². The molecular formula is C18H20O2. The molecular weight excluding hydrogens is 248 g/mol. The highest BCUT2D eigenvalue weighted by molar-refractivity contribution is 5.72. The first kappa shape index (κ1) is 13.3. The van der Waals surface area contributed by atoms with Crippen molar-refractivity contribution < 1.29 is 10.2 Å². The third-order valence-corrected chi connectivity index (χ3v) is 4.64. The minimum absolute atomic E-state index is 0.0213. The van der Waals surface area contributed by atoms with Gasteiger partial charge in [-0.2, -0.15) is 0 Å². The Labute approximate surface area is 119 Å². The van der Waals surface area contributed by atoms with Crippen LogP contribution in [0.2, 0.25) is 0 Å². The molecule has 0 saturated carbocycles. The second kappa shape index (κ2) is 4.72. The molecule has 0 unspecified atom stereocenters. The van der Waals surface area contributed by atoms with Crippen molar-refractivity contribution in [1.29, 1.82) is 0 Å². The molecule has 0 saturated heterocycles. The van der Waals surface area contributed by atoms with Gasteiger partial charge >= 0.3 is 0 Å². The van der Waals surface area contributed by atoms with E-state index in [1.54, 1.807) is 6.92 Å². The maximum absolute atomic E-state index is 10.7. The molecule has 1 aliphatic carbocycles. The lowest BCUT2D eigenvalue weighted by atomic mass is 9.74. The molecule has 2 aromatic rings. The van der Waals surface area contributed by atoms with Crippen LogP contribution in [0.3, 0.4) is 0 Å². The van der Waals surface area contributed by atoms with Gasteiger partial charge in [-0.15, -0.1) is 0 Å². The van der Waals surface area contributed by atoms with Gasteiger partial charge in [0.15, 0.2) is 0 Å². The lowest BCUT2D eigenvalue weighted by Gasteiger charge is -2.38. The summed E-state index contributed by atoms with van der Waals surface area (Å²) in [5.41, 5.74) is 3.06. The van der Waals surface area contributed by atoms with E-state index in [1.807, 2.05) is 43.3 Å². The molecule has 0 bridgehead atoms. The van der Waals surface area contributed by atoms with E-state index in [0.717, 1.165) is 23.1 Å². The topological polar surface area (TPSA) is 40.5 Å². The molecule has 104 valence electrons. The Morgan fingerprint density at radius 2 is 1.60 bits per heavy atom. The van der Waals surface area contributed by atoms with Crippen LogP contribution in [0.25, 0.3) is 11.1 Å². The highest BCUT2D eigenvalue weighted by Gasteiger charge is 2.39. The Morgan fingerprint density at radius 1 is 1.00 bits per heavy atom. The lowest BCUT2D eigenvalue weighted by Crippen LogP contribution is -2.41. The lowest BCUT2D eigenvalue weighted by molar-refractivity contribution is -0.0987. The number of hydrogen-bond acceptors (Lipinski definition) is 2. The monoisotopic (exact) mass is 268 g/mol. The van der Waals surface area contributed by atoms with Crippen LogP contribution in [0.4, 0.5) is 0 Å². The number of benzene rings is 2. The van der Waals surface area contributed by atoms with Crippen LogP contribution >= 0.6 is 0 Å². The van der Waals surface area contributed by atoms with E-state index in [1.165, 1.54) is 5.56 Å². The fraction of sp³-hybridized carbons (Fsp3) is 0.333. The van der Waals surface area contributed by atoms with Gasteiger partial charge in [0.05, 0.1) is 5.60 Å². The first-order valence-electron chi connectivity index (χ1n) is 7.09. The van der Waals surface area contributed by atoms with Crippen LogP contribution in [0, 0.1) is 5.92 Å². The Kier molecular flexibility index (Phi) is 3.15. The van der Waals surface area contributed by atoms with Crippen LogP contribution in [0.15, 0.2) is 48.5 Å². The molecule has 0 aliphatic heterocycles. The van der Waals surface area contributed by atoms with E-state index in [-0.39, 0.29) is 5.92 Å². The van der Waals surface area contributed by atoms with E-state index in [0.29, 0.717) is 0 Å². The zero-order valence-electron chi connectivity index (χ0n) is 11.9. The molecule has 2 heteroatoms. The molecule has 3 atom stereocenters. The predicted octanol–water partition coefficient (Wildman–Crippen LogP) is 3.33. The summed E-state index contributed by atoms with van der Waals surface area (Å²) in [4.78, 5) is 0. The highest BCUT2D eigenvalue weighted by Crippen LogP contribution is 2.42. The number of aliphatic hydroxyl groups is 2. The Morgan fingerprint density at radius 3 is 2.35 bits per heavy atom. The van der Waals surface area contributed by atoms with Crippen molar-refractivity contribution in [2.75, 3.05) is 0 Å². The van der Waals surface area contributed by atoms with Gasteiger partial charge < -0.3 is 10.2 Å². The number of hydrogen-bond donors (Lipinski definition) is 2. The third kappa shape index (κ3) is 1.96. The van der Waals surface area contributed by atoms with E-state index >= 15 is 0 Å². The van der Waals surface area contributed by atoms with Crippen LogP contribution in [0.5, 0.6) is 0 Å². The fourth-order valence-electron chi connectivity index (χ4n) is 3.06. The Balaban J connectivity index is 2.29. The second-order valence-corrected chi connectivity index (χ2v) is 5.98. The molecule has 20 heavy (non-hydrogen) atoms. The van der Waals surface area contributed by atoms with Gasteiger partial charge in [-0.05, 0) is 41.5 Å². The summed E-state index contributed by atoms with van der Waals surface area (Å²) in [6.45, 7) is 3.72. The van der Waals surface area contributed by atoms with Crippen molar-refractivity contribution in [1.82, 2.24) is 0 Å². The van der Waals surface area contributed by atoms with Gasteiger partial charge in [-0.25, -0.2) is 0 Å². The van der Waals surface area contributed by atoms with Gasteiger partial charge in [-0.3, -0.25) is 0 Å². The van der Waals surface area contributed by atoms with Crippen LogP contribution < -0.4 is 0 Å². The Bertz CT molecular complexity index is 631. The summed E-state index contributed by atoms with van der Waals surface area (Å²) in [5.74, 6) is -0.0213. The van der Waals surface area contributed by atoms with Crippen molar-refractivity contribution >= 4 is 0 Å². The first-order valence-corrected chi connectivity index (χ1v) is 7.09. The zero-order chi connectivity index (χ0) is 14.3. The average molecular weight is 268 g/mol. The van der Waals surface area contributed by atoms with E-state index in [4.69, 9.17) is 0 Å². The summed E-state index contributed by atoms with van der Waals surface area (Å²) in [7, 11) is 0. The van der Waals surface area contributed by atoms with E-state index < -0.39 is 11.7 Å². The zero-order valence-corrected chi connectivity index (χ0v) is 11.9. The van der Waals surface area contributed by atoms with E-state index in [9.17, 15) is 10.2 Å². The van der Waals surface area contributed by atoms with Gasteiger partial charge in [0, 0.05) is 0 Å². The largest absolute Gasteiger partial charge is 0.387 e. The van der Waals surface area contributed by atoms with Crippen LogP contribution in [0.1, 0.15) is 31.1 Å². The number of aliphatic hydroxyl groups excluding tert-OH is 1. The van der Waals surface area contributed by atoms with Crippen LogP contribution in [-0.2, 0) is 6.42 Å². The van der Waals surface area contributed by atoms with Crippen molar-refractivity contribution in [3.63, 3.8) is 0 Å². The maximum atomic E-state index is 10.7. The van der Waals surface area contributed by atoms with Gasteiger partial charge in [0.2, 0.25) is 0 Å². The molecule has 3 rings (SSSR count). The standard InChI is InChI=1S/C18H20O2/c1-12-11-13-7-3-4-8-14(13)15-9-5-6-10-16(15)17(19)18(12,2)20/h3-10,12,17,19-20H,11H2,1-2H3/t12-,17+,18-/m0/s1. The molecule has 2 nitrogen and oxygen atoms in total. The van der Waals surface area contributed by atoms with Crippen molar-refractivity contribution in [2.45, 2.75) is 32.0 Å². The minimum atomic E-state index is -1.14.